The maximum Gasteiger partial charge on any atom is 0.416 e. The van der Waals surface area contributed by atoms with Gasteiger partial charge in [-0.05, 0) is 70.3 Å². The zero-order valence-electron chi connectivity index (χ0n) is 27.4. The Kier molecular flexibility index (Phi) is 11.2. The van der Waals surface area contributed by atoms with Gasteiger partial charge in [-0.2, -0.15) is 13.2 Å². The largest absolute Gasteiger partial charge is 0.494 e. The van der Waals surface area contributed by atoms with Crippen molar-refractivity contribution in [2.75, 3.05) is 13.2 Å². The van der Waals surface area contributed by atoms with Crippen molar-refractivity contribution in [1.29, 1.82) is 0 Å². The van der Waals surface area contributed by atoms with Crippen LogP contribution in [0, 0.1) is 0 Å². The summed E-state index contributed by atoms with van der Waals surface area (Å²) in [7, 11) is 0. The molecule has 0 saturated carbocycles. The number of hydrogen-bond donors (Lipinski definition) is 3. The van der Waals surface area contributed by atoms with E-state index in [1.165, 1.54) is 6.07 Å². The number of nitrogens with one attached hydrogen (secondary N) is 2. The van der Waals surface area contributed by atoms with E-state index in [1.807, 2.05) is 78.9 Å². The minimum Gasteiger partial charge on any atom is -0.494 e. The number of alkyl halides is 3. The van der Waals surface area contributed by atoms with Gasteiger partial charge in [-0.1, -0.05) is 101 Å². The summed E-state index contributed by atoms with van der Waals surface area (Å²) in [5, 5.41) is 9.10. The van der Waals surface area contributed by atoms with Gasteiger partial charge in [-0.3, -0.25) is 10.2 Å². The van der Waals surface area contributed by atoms with E-state index in [9.17, 15) is 18.0 Å². The molecule has 0 unspecified atom stereocenters. The minimum atomic E-state index is -4.49. The highest BCUT2D eigenvalue weighted by Gasteiger charge is 2.53. The van der Waals surface area contributed by atoms with Crippen LogP contribution in [0.2, 0.25) is 0 Å². The normalized spacial score (nSPS) is 17.0. The Balaban J connectivity index is 1.36. The van der Waals surface area contributed by atoms with Crippen molar-refractivity contribution >= 4 is 27.7 Å². The fraction of sp³-hybridized carbons (Fsp3) is 0.200. The third kappa shape index (κ3) is 8.68. The van der Waals surface area contributed by atoms with Crippen molar-refractivity contribution in [3.05, 3.63) is 160 Å². The summed E-state index contributed by atoms with van der Waals surface area (Å²) in [5.41, 5.74) is 7.78. The van der Waals surface area contributed by atoms with Gasteiger partial charge in [0.1, 0.15) is 5.75 Å². The van der Waals surface area contributed by atoms with Crippen LogP contribution in [0.3, 0.4) is 0 Å². The van der Waals surface area contributed by atoms with Crippen LogP contribution in [0.15, 0.2) is 137 Å². The van der Waals surface area contributed by atoms with Crippen molar-refractivity contribution < 1.29 is 32.5 Å². The van der Waals surface area contributed by atoms with E-state index >= 15 is 0 Å². The number of aliphatic hydroxyl groups excluding tert-OH is 1. The lowest BCUT2D eigenvalue weighted by Crippen LogP contribution is -2.53. The fourth-order valence-electron chi connectivity index (χ4n) is 5.87. The third-order valence-electron chi connectivity index (χ3n) is 8.49. The summed E-state index contributed by atoms with van der Waals surface area (Å²) >= 11 is 3.48. The highest BCUT2D eigenvalue weighted by molar-refractivity contribution is 9.10. The molecule has 3 N–H and O–H groups in total. The average Bonchev–Trinajstić information content (AvgIpc) is 3.53. The number of rotatable bonds is 13. The highest BCUT2D eigenvalue weighted by Crippen LogP contribution is 2.43. The predicted molar refractivity (Wildman–Crippen MR) is 193 cm³/mol. The molecule has 1 aliphatic heterocycles. The number of hydrogen-bond acceptors (Lipinski definition) is 6. The molecule has 11 heteroatoms. The highest BCUT2D eigenvalue weighted by atomic mass is 79.9. The van der Waals surface area contributed by atoms with E-state index in [4.69, 9.17) is 19.6 Å². The van der Waals surface area contributed by atoms with Gasteiger partial charge in [0.15, 0.2) is 11.6 Å². The van der Waals surface area contributed by atoms with Crippen molar-refractivity contribution in [2.24, 2.45) is 4.99 Å². The van der Waals surface area contributed by atoms with E-state index in [0.29, 0.717) is 35.5 Å². The second-order valence-corrected chi connectivity index (χ2v) is 13.0. The van der Waals surface area contributed by atoms with Crippen LogP contribution < -0.4 is 15.6 Å². The molecule has 5 aromatic rings. The minimum absolute atomic E-state index is 0.0216. The number of benzene rings is 5. The number of carbonyl (C=O) groups is 1. The van der Waals surface area contributed by atoms with Crippen LogP contribution in [0.4, 0.5) is 13.2 Å². The van der Waals surface area contributed by atoms with Crippen molar-refractivity contribution in [3.8, 4) is 16.9 Å². The summed E-state index contributed by atoms with van der Waals surface area (Å²) in [6.45, 7) is 0.321. The van der Waals surface area contributed by atoms with Crippen molar-refractivity contribution in [1.82, 2.24) is 10.9 Å². The molecule has 0 bridgehead atoms. The van der Waals surface area contributed by atoms with E-state index in [-0.39, 0.29) is 25.5 Å². The van der Waals surface area contributed by atoms with Crippen molar-refractivity contribution in [2.45, 2.75) is 37.2 Å². The molecule has 1 heterocycles. The molecule has 0 radical (unpaired) electrons. The van der Waals surface area contributed by atoms with Gasteiger partial charge in [0, 0.05) is 36.0 Å². The Bertz CT molecular complexity index is 1960. The first kappa shape index (κ1) is 35.8. The number of aliphatic hydroxyl groups is 1. The van der Waals surface area contributed by atoms with Crippen LogP contribution in [0.1, 0.15) is 40.3 Å². The molecule has 0 saturated heterocycles. The third-order valence-corrected chi connectivity index (χ3v) is 9.01. The lowest BCUT2D eigenvalue weighted by atomic mass is 9.82. The van der Waals surface area contributed by atoms with Gasteiger partial charge < -0.3 is 14.6 Å². The van der Waals surface area contributed by atoms with Gasteiger partial charge in [-0.15, -0.1) is 0 Å². The maximum absolute atomic E-state index is 14.5. The first-order valence-corrected chi connectivity index (χ1v) is 17.1. The molecule has 0 fully saturated rings. The Hall–Kier alpha value is -4.97. The summed E-state index contributed by atoms with van der Waals surface area (Å²) in [4.78, 5) is 19.5. The smallest absolute Gasteiger partial charge is 0.416 e. The molecule has 1 amide bonds. The SMILES string of the molecule is O=C(NNCc1cccc(C(F)(F)F)c1)[C@@]1(Cc2ccc(Br)cc2)N=C(c2ccc(OCCCO)cc2)O[C@H]1c1ccc(-c2ccccc2)cc1. The topological polar surface area (TPSA) is 92.2 Å². The molecule has 0 aromatic heterocycles. The molecule has 51 heavy (non-hydrogen) atoms. The number of carbonyl (C=O) groups excluding carboxylic acids is 1. The first-order valence-electron chi connectivity index (χ1n) is 16.3. The number of nitrogens with zero attached hydrogens (tertiary/aromatic N) is 1. The summed E-state index contributed by atoms with van der Waals surface area (Å²) in [6.07, 6.45) is -4.73. The van der Waals surface area contributed by atoms with E-state index in [1.54, 1.807) is 30.3 Å². The Labute approximate surface area is 302 Å². The lowest BCUT2D eigenvalue weighted by molar-refractivity contribution is -0.137. The summed E-state index contributed by atoms with van der Waals surface area (Å²) in [5.74, 6) is 0.337. The predicted octanol–water partition coefficient (Wildman–Crippen LogP) is 8.22. The number of halogens is 4. The van der Waals surface area contributed by atoms with Crippen LogP contribution in [-0.4, -0.2) is 35.7 Å². The number of ether oxygens (including phenoxy) is 2. The summed E-state index contributed by atoms with van der Waals surface area (Å²) in [6, 6.07) is 37.3. The number of hydrazine groups is 1. The maximum atomic E-state index is 14.5. The second-order valence-electron chi connectivity index (χ2n) is 12.1. The van der Waals surface area contributed by atoms with Crippen LogP contribution >= 0.6 is 15.9 Å². The molecule has 5 aromatic carbocycles. The van der Waals surface area contributed by atoms with Crippen LogP contribution in [0.5, 0.6) is 5.75 Å². The van der Waals surface area contributed by atoms with Crippen molar-refractivity contribution in [3.63, 3.8) is 0 Å². The Morgan fingerprint density at radius 3 is 2.22 bits per heavy atom. The zero-order chi connectivity index (χ0) is 35.8. The van der Waals surface area contributed by atoms with Gasteiger partial charge in [0.2, 0.25) is 5.90 Å². The van der Waals surface area contributed by atoms with Crippen LogP contribution in [0.25, 0.3) is 11.1 Å². The van der Waals surface area contributed by atoms with Gasteiger partial charge in [0.05, 0.1) is 12.2 Å². The monoisotopic (exact) mass is 757 g/mol. The fourth-order valence-corrected chi connectivity index (χ4v) is 6.13. The Morgan fingerprint density at radius 2 is 1.53 bits per heavy atom. The molecular formula is C40H35BrF3N3O4. The van der Waals surface area contributed by atoms with E-state index in [2.05, 4.69) is 26.8 Å². The standard InChI is InChI=1S/C40H35BrF3N3O4/c41-34-18-10-27(11-19-34)25-39(38(49)47-45-26-28-6-4-9-33(24-28)40(42,43)44)36(31-14-12-30(13-15-31)29-7-2-1-3-8-29)51-37(46-39)32-16-20-35(21-17-32)50-23-5-22-48/h1-4,6-21,24,36,45,48H,5,22-23,25-26H2,(H,47,49)/t36-,39-/m0/s1. The van der Waals surface area contributed by atoms with Gasteiger partial charge in [-0.25, -0.2) is 10.4 Å². The molecular weight excluding hydrogens is 723 g/mol. The second kappa shape index (κ2) is 15.9. The number of aliphatic imine (C=N–C) groups is 1. The quantitative estimate of drug-likeness (QED) is 0.0832. The molecule has 2 atom stereocenters. The molecule has 0 spiro atoms. The first-order chi connectivity index (χ1) is 24.6. The Morgan fingerprint density at radius 1 is 0.843 bits per heavy atom. The van der Waals surface area contributed by atoms with Gasteiger partial charge >= 0.3 is 6.18 Å². The molecule has 6 rings (SSSR count). The van der Waals surface area contributed by atoms with E-state index < -0.39 is 29.3 Å². The zero-order valence-corrected chi connectivity index (χ0v) is 29.0. The van der Waals surface area contributed by atoms with Gasteiger partial charge in [0.25, 0.3) is 5.91 Å². The average molecular weight is 759 g/mol. The molecule has 262 valence electrons. The molecule has 0 aliphatic carbocycles. The molecule has 7 nitrogen and oxygen atoms in total. The van der Waals surface area contributed by atoms with E-state index in [0.717, 1.165) is 33.3 Å². The summed E-state index contributed by atoms with van der Waals surface area (Å²) < 4.78 is 53.3. The number of amides is 1. The van der Waals surface area contributed by atoms with Crippen LogP contribution in [-0.2, 0) is 28.7 Å². The molecule has 1 aliphatic rings. The lowest BCUT2D eigenvalue weighted by Gasteiger charge is -2.31.